The average Bonchev–Trinajstić information content (AvgIpc) is 3.33. The van der Waals surface area contributed by atoms with Crippen LogP contribution in [0.5, 0.6) is 0 Å². The number of hydrogen-bond donors (Lipinski definition) is 2. The third kappa shape index (κ3) is 6.16. The Balaban J connectivity index is 1.32. The summed E-state index contributed by atoms with van der Waals surface area (Å²) in [5, 5.41) is 14.4. The molecule has 190 valence electrons. The molecule has 0 bridgehead atoms. The summed E-state index contributed by atoms with van der Waals surface area (Å²) in [6, 6.07) is 8.47. The van der Waals surface area contributed by atoms with E-state index in [1.807, 2.05) is 33.2 Å². The van der Waals surface area contributed by atoms with Gasteiger partial charge in [0.15, 0.2) is 0 Å². The van der Waals surface area contributed by atoms with Crippen molar-refractivity contribution in [3.8, 4) is 6.07 Å². The zero-order chi connectivity index (χ0) is 25.7. The van der Waals surface area contributed by atoms with Gasteiger partial charge in [0.25, 0.3) is 0 Å². The second kappa shape index (κ2) is 11.0. The number of H-pyrrole nitrogens is 1. The summed E-state index contributed by atoms with van der Waals surface area (Å²) in [4.78, 5) is 24.0. The lowest BCUT2D eigenvalue weighted by Crippen LogP contribution is -2.50. The number of aromatic amines is 1. The van der Waals surface area contributed by atoms with Crippen LogP contribution in [0.4, 0.5) is 16.2 Å². The van der Waals surface area contributed by atoms with E-state index in [1.165, 1.54) is 5.39 Å². The topological polar surface area (TPSA) is 97.3 Å². The number of nitrogens with one attached hydrogen (secondary N) is 2. The Morgan fingerprint density at radius 3 is 2.67 bits per heavy atom. The van der Waals surface area contributed by atoms with Crippen LogP contribution < -0.4 is 5.32 Å². The van der Waals surface area contributed by atoms with Crippen LogP contribution in [-0.2, 0) is 11.2 Å². The molecule has 0 radical (unpaired) electrons. The molecule has 0 aliphatic carbocycles. The molecular weight excluding hydrogens is 452 g/mol. The summed E-state index contributed by atoms with van der Waals surface area (Å²) in [5.41, 5.74) is 5.22. The van der Waals surface area contributed by atoms with Crippen molar-refractivity contribution in [2.45, 2.75) is 52.6 Å². The van der Waals surface area contributed by atoms with Gasteiger partial charge < -0.3 is 19.9 Å². The summed E-state index contributed by atoms with van der Waals surface area (Å²) in [5.74, 6) is 0. The lowest BCUT2D eigenvalue weighted by Gasteiger charge is -2.35. The molecule has 0 saturated carbocycles. The molecule has 4 rings (SSSR count). The van der Waals surface area contributed by atoms with Crippen LogP contribution in [0.1, 0.15) is 50.3 Å². The van der Waals surface area contributed by atoms with E-state index in [0.29, 0.717) is 18.7 Å². The zero-order valence-electron chi connectivity index (χ0n) is 21.7. The highest BCUT2D eigenvalue weighted by molar-refractivity contribution is 5.89. The molecule has 3 heterocycles. The predicted molar refractivity (Wildman–Crippen MR) is 142 cm³/mol. The number of fused-ring (bicyclic) bond motifs is 1. The van der Waals surface area contributed by atoms with Gasteiger partial charge >= 0.3 is 6.09 Å². The molecule has 0 unspecified atom stereocenters. The van der Waals surface area contributed by atoms with Crippen molar-refractivity contribution in [3.63, 3.8) is 0 Å². The molecule has 2 N–H and O–H groups in total. The molecule has 1 aliphatic rings. The number of amides is 1. The molecule has 8 heteroatoms. The number of rotatable bonds is 7. The number of nitrogens with zero attached hydrogens (tertiary/aromatic N) is 4. The fourth-order valence-corrected chi connectivity index (χ4v) is 4.61. The summed E-state index contributed by atoms with van der Waals surface area (Å²) < 4.78 is 5.49. The van der Waals surface area contributed by atoms with E-state index < -0.39 is 5.60 Å². The molecular formula is C28H36N6O2. The standard InChI is InChI=1S/C28H36N6O2/c1-20-23-10-11-31-25(23)9-8-24(20)32-26-21(18-30-19-22(26)17-29)7-5-6-12-33-13-15-34(16-14-33)27(35)36-28(2,3)4/h8-11,18-19,31H,5-7,12-16H2,1-4H3,(H,30,32). The van der Waals surface area contributed by atoms with Gasteiger partial charge in [-0.15, -0.1) is 0 Å². The van der Waals surface area contributed by atoms with E-state index in [-0.39, 0.29) is 6.09 Å². The summed E-state index contributed by atoms with van der Waals surface area (Å²) in [6.45, 7) is 11.9. The minimum atomic E-state index is -0.465. The minimum Gasteiger partial charge on any atom is -0.444 e. The van der Waals surface area contributed by atoms with Crippen LogP contribution in [0.25, 0.3) is 10.9 Å². The van der Waals surface area contributed by atoms with Crippen LogP contribution in [0.15, 0.2) is 36.8 Å². The number of aromatic nitrogens is 2. The van der Waals surface area contributed by atoms with Gasteiger partial charge in [-0.05, 0) is 82.8 Å². The highest BCUT2D eigenvalue weighted by Crippen LogP contribution is 2.31. The Kier molecular flexibility index (Phi) is 7.80. The lowest BCUT2D eigenvalue weighted by molar-refractivity contribution is 0.0144. The van der Waals surface area contributed by atoms with Gasteiger partial charge in [-0.1, -0.05) is 0 Å². The second-order valence-electron chi connectivity index (χ2n) is 10.4. The molecule has 1 fully saturated rings. The fraction of sp³-hybridized carbons (Fsp3) is 0.464. The quantitative estimate of drug-likeness (QED) is 0.435. The third-order valence-corrected chi connectivity index (χ3v) is 6.60. The minimum absolute atomic E-state index is 0.224. The molecule has 1 aliphatic heterocycles. The van der Waals surface area contributed by atoms with Crippen molar-refractivity contribution in [2.75, 3.05) is 38.0 Å². The number of ether oxygens (including phenoxy) is 1. The van der Waals surface area contributed by atoms with Crippen molar-refractivity contribution < 1.29 is 9.53 Å². The van der Waals surface area contributed by atoms with Crippen LogP contribution in [0.3, 0.4) is 0 Å². The van der Waals surface area contributed by atoms with Gasteiger partial charge in [-0.3, -0.25) is 9.88 Å². The first-order valence-corrected chi connectivity index (χ1v) is 12.7. The maximum Gasteiger partial charge on any atom is 0.410 e. The summed E-state index contributed by atoms with van der Waals surface area (Å²) in [6.07, 6.45) is 8.08. The molecule has 1 saturated heterocycles. The largest absolute Gasteiger partial charge is 0.444 e. The first-order valence-electron chi connectivity index (χ1n) is 12.7. The summed E-state index contributed by atoms with van der Waals surface area (Å²) in [7, 11) is 0. The van der Waals surface area contributed by atoms with E-state index in [9.17, 15) is 10.1 Å². The number of carbonyl (C=O) groups excluding carboxylic acids is 1. The van der Waals surface area contributed by atoms with Crippen LogP contribution in [0.2, 0.25) is 0 Å². The second-order valence-corrected chi connectivity index (χ2v) is 10.4. The molecule has 3 aromatic rings. The molecule has 2 aromatic heterocycles. The molecule has 1 aromatic carbocycles. The number of unbranched alkanes of at least 4 members (excludes halogenated alkanes) is 1. The highest BCUT2D eigenvalue weighted by Gasteiger charge is 2.25. The first kappa shape index (κ1) is 25.5. The highest BCUT2D eigenvalue weighted by atomic mass is 16.6. The Morgan fingerprint density at radius 1 is 1.17 bits per heavy atom. The van der Waals surface area contributed by atoms with E-state index >= 15 is 0 Å². The number of piperazine rings is 1. The number of nitriles is 1. The smallest absolute Gasteiger partial charge is 0.410 e. The number of aryl methyl sites for hydroxylation is 2. The van der Waals surface area contributed by atoms with Crippen molar-refractivity contribution in [3.05, 3.63) is 53.5 Å². The van der Waals surface area contributed by atoms with E-state index in [1.54, 1.807) is 11.1 Å². The molecule has 36 heavy (non-hydrogen) atoms. The molecule has 8 nitrogen and oxygen atoms in total. The Hall–Kier alpha value is -3.57. The lowest BCUT2D eigenvalue weighted by atomic mass is 10.0. The summed E-state index contributed by atoms with van der Waals surface area (Å²) >= 11 is 0. The molecule has 0 atom stereocenters. The average molecular weight is 489 g/mol. The predicted octanol–water partition coefficient (Wildman–Crippen LogP) is 5.36. The maximum atomic E-state index is 12.3. The van der Waals surface area contributed by atoms with E-state index in [2.05, 4.69) is 51.4 Å². The van der Waals surface area contributed by atoms with Gasteiger partial charge in [0.05, 0.1) is 11.3 Å². The van der Waals surface area contributed by atoms with Crippen molar-refractivity contribution in [1.82, 2.24) is 19.8 Å². The Bertz CT molecular complexity index is 1250. The third-order valence-electron chi connectivity index (χ3n) is 6.60. The Labute approximate surface area is 213 Å². The number of carbonyl (C=O) groups is 1. The van der Waals surface area contributed by atoms with Crippen LogP contribution in [0, 0.1) is 18.3 Å². The van der Waals surface area contributed by atoms with Crippen LogP contribution in [-0.4, -0.2) is 64.2 Å². The van der Waals surface area contributed by atoms with Gasteiger partial charge in [0.2, 0.25) is 0 Å². The van der Waals surface area contributed by atoms with Gasteiger partial charge in [-0.25, -0.2) is 4.79 Å². The SMILES string of the molecule is Cc1c(Nc2c(C#N)cncc2CCCCN2CCN(C(=O)OC(C)(C)C)CC2)ccc2[nH]ccc12. The number of pyridine rings is 1. The number of benzene rings is 1. The number of anilines is 2. The van der Waals surface area contributed by atoms with E-state index in [0.717, 1.165) is 66.9 Å². The van der Waals surface area contributed by atoms with Crippen molar-refractivity contribution in [2.24, 2.45) is 0 Å². The van der Waals surface area contributed by atoms with Crippen molar-refractivity contribution >= 4 is 28.4 Å². The molecule has 1 amide bonds. The zero-order valence-corrected chi connectivity index (χ0v) is 21.7. The number of hydrogen-bond acceptors (Lipinski definition) is 6. The van der Waals surface area contributed by atoms with Gasteiger partial charge in [0, 0.05) is 61.4 Å². The fourth-order valence-electron chi connectivity index (χ4n) is 4.61. The van der Waals surface area contributed by atoms with Crippen LogP contribution >= 0.6 is 0 Å². The molecule has 0 spiro atoms. The van der Waals surface area contributed by atoms with E-state index in [4.69, 9.17) is 4.74 Å². The van der Waals surface area contributed by atoms with Crippen molar-refractivity contribution in [1.29, 1.82) is 5.26 Å². The van der Waals surface area contributed by atoms with Gasteiger partial charge in [0.1, 0.15) is 11.7 Å². The monoisotopic (exact) mass is 488 g/mol. The maximum absolute atomic E-state index is 12.3. The first-order chi connectivity index (χ1) is 17.2. The Morgan fingerprint density at radius 2 is 1.94 bits per heavy atom. The normalized spacial score (nSPS) is 14.6. The van der Waals surface area contributed by atoms with Gasteiger partial charge in [-0.2, -0.15) is 5.26 Å².